The van der Waals surface area contributed by atoms with Gasteiger partial charge in [0.2, 0.25) is 5.91 Å². The van der Waals surface area contributed by atoms with Gasteiger partial charge in [-0.15, -0.1) is 0 Å². The molecule has 5 nitrogen and oxygen atoms in total. The highest BCUT2D eigenvalue weighted by Crippen LogP contribution is 2.24. The number of nitrogens with one attached hydrogen (secondary N) is 1. The fraction of sp³-hybridized carbons (Fsp3) is 0.292. The van der Waals surface area contributed by atoms with Crippen molar-refractivity contribution in [1.82, 2.24) is 9.97 Å². The quantitative estimate of drug-likeness (QED) is 0.594. The Bertz CT molecular complexity index is 938. The van der Waals surface area contributed by atoms with Gasteiger partial charge in [-0.25, -0.2) is 9.97 Å². The molecule has 0 fully saturated rings. The fourth-order valence-corrected chi connectivity index (χ4v) is 3.06. The van der Waals surface area contributed by atoms with Crippen LogP contribution in [0.1, 0.15) is 31.5 Å². The summed E-state index contributed by atoms with van der Waals surface area (Å²) in [6.45, 7) is 4.26. The van der Waals surface area contributed by atoms with E-state index in [1.165, 1.54) is 0 Å². The van der Waals surface area contributed by atoms with Crippen LogP contribution in [0.5, 0.6) is 5.75 Å². The van der Waals surface area contributed by atoms with E-state index in [0.29, 0.717) is 24.6 Å². The monoisotopic (exact) mass is 389 g/mol. The minimum absolute atomic E-state index is 0.0506. The molecule has 1 amide bonds. The van der Waals surface area contributed by atoms with Crippen molar-refractivity contribution in [3.63, 3.8) is 0 Å². The first kappa shape index (κ1) is 20.5. The van der Waals surface area contributed by atoms with Gasteiger partial charge in [0.25, 0.3) is 0 Å². The molecule has 0 aliphatic heterocycles. The average molecular weight is 389 g/mol. The highest BCUT2D eigenvalue weighted by Gasteiger charge is 2.13. The number of carbonyl (C=O) groups excluding carboxylic acids is 1. The Morgan fingerprint density at radius 1 is 1.07 bits per heavy atom. The second-order valence-corrected chi connectivity index (χ2v) is 7.41. The third-order valence-corrected chi connectivity index (χ3v) is 4.57. The Kier molecular flexibility index (Phi) is 6.95. The summed E-state index contributed by atoms with van der Waals surface area (Å²) in [4.78, 5) is 21.8. The number of aromatic nitrogens is 2. The van der Waals surface area contributed by atoms with Crippen molar-refractivity contribution in [2.75, 3.05) is 12.4 Å². The van der Waals surface area contributed by atoms with Crippen molar-refractivity contribution in [3.8, 4) is 17.0 Å². The summed E-state index contributed by atoms with van der Waals surface area (Å²) in [6, 6.07) is 17.7. The number of carbonyl (C=O) groups is 1. The van der Waals surface area contributed by atoms with Crippen molar-refractivity contribution in [1.29, 1.82) is 0 Å². The zero-order chi connectivity index (χ0) is 20.6. The standard InChI is InChI=1S/C24H27N3O2/c1-17(2)15-21-24(27-23(28)14-9-18-7-5-4-6-8-18)25-16-22(26-21)19-10-12-20(29-3)13-11-19/h4-8,10-13,16-17H,9,14-15H2,1-3H3,(H,25,27,28). The first-order valence-electron chi connectivity index (χ1n) is 9.89. The summed E-state index contributed by atoms with van der Waals surface area (Å²) >= 11 is 0. The van der Waals surface area contributed by atoms with Crippen LogP contribution in [0, 0.1) is 5.92 Å². The molecule has 2 aromatic carbocycles. The van der Waals surface area contributed by atoms with E-state index in [1.54, 1.807) is 13.3 Å². The predicted octanol–water partition coefficient (Wildman–Crippen LogP) is 4.92. The van der Waals surface area contributed by atoms with Crippen LogP contribution >= 0.6 is 0 Å². The highest BCUT2D eigenvalue weighted by molar-refractivity contribution is 5.90. The number of aryl methyl sites for hydroxylation is 1. The second kappa shape index (κ2) is 9.82. The number of anilines is 1. The molecule has 0 atom stereocenters. The van der Waals surface area contributed by atoms with Gasteiger partial charge in [-0.3, -0.25) is 4.79 Å². The third-order valence-electron chi connectivity index (χ3n) is 4.57. The van der Waals surface area contributed by atoms with Gasteiger partial charge in [0.1, 0.15) is 5.75 Å². The predicted molar refractivity (Wildman–Crippen MR) is 116 cm³/mol. The lowest BCUT2D eigenvalue weighted by molar-refractivity contribution is -0.116. The number of amides is 1. The lowest BCUT2D eigenvalue weighted by atomic mass is 10.1. The molecule has 0 unspecified atom stereocenters. The molecular formula is C24H27N3O2. The molecule has 0 saturated carbocycles. The first-order valence-corrected chi connectivity index (χ1v) is 9.89. The summed E-state index contributed by atoms with van der Waals surface area (Å²) < 4.78 is 5.22. The van der Waals surface area contributed by atoms with Gasteiger partial charge < -0.3 is 10.1 Å². The van der Waals surface area contributed by atoms with E-state index in [0.717, 1.165) is 34.7 Å². The Hall–Kier alpha value is -3.21. The molecule has 5 heteroatoms. The van der Waals surface area contributed by atoms with Crippen LogP contribution in [0.15, 0.2) is 60.8 Å². The van der Waals surface area contributed by atoms with Gasteiger partial charge in [-0.2, -0.15) is 0 Å². The van der Waals surface area contributed by atoms with Gasteiger partial charge in [0.05, 0.1) is 24.7 Å². The van der Waals surface area contributed by atoms with E-state index in [9.17, 15) is 4.79 Å². The van der Waals surface area contributed by atoms with Crippen LogP contribution in [0.4, 0.5) is 5.82 Å². The topological polar surface area (TPSA) is 64.1 Å². The molecule has 0 radical (unpaired) electrons. The van der Waals surface area contributed by atoms with Crippen molar-refractivity contribution in [3.05, 3.63) is 72.1 Å². The van der Waals surface area contributed by atoms with Crippen LogP contribution in [0.3, 0.4) is 0 Å². The van der Waals surface area contributed by atoms with Crippen LogP contribution in [0.25, 0.3) is 11.3 Å². The highest BCUT2D eigenvalue weighted by atomic mass is 16.5. The molecule has 1 N–H and O–H groups in total. The summed E-state index contributed by atoms with van der Waals surface area (Å²) in [6.07, 6.45) is 3.56. The van der Waals surface area contributed by atoms with Crippen LogP contribution in [0.2, 0.25) is 0 Å². The minimum atomic E-state index is -0.0506. The summed E-state index contributed by atoms with van der Waals surface area (Å²) in [7, 11) is 1.64. The lowest BCUT2D eigenvalue weighted by Crippen LogP contribution is -2.16. The van der Waals surface area contributed by atoms with Gasteiger partial charge in [-0.1, -0.05) is 44.2 Å². The number of benzene rings is 2. The summed E-state index contributed by atoms with van der Waals surface area (Å²) in [5.41, 5.74) is 3.70. The van der Waals surface area contributed by atoms with Gasteiger partial charge in [0, 0.05) is 12.0 Å². The summed E-state index contributed by atoms with van der Waals surface area (Å²) in [5, 5.41) is 2.95. The molecular weight excluding hydrogens is 362 g/mol. The maximum absolute atomic E-state index is 12.5. The van der Waals surface area contributed by atoms with Crippen molar-refractivity contribution < 1.29 is 9.53 Å². The molecule has 0 bridgehead atoms. The van der Waals surface area contributed by atoms with E-state index < -0.39 is 0 Å². The smallest absolute Gasteiger partial charge is 0.225 e. The molecule has 0 spiro atoms. The zero-order valence-corrected chi connectivity index (χ0v) is 17.2. The van der Waals surface area contributed by atoms with E-state index in [1.807, 2.05) is 54.6 Å². The Morgan fingerprint density at radius 2 is 1.79 bits per heavy atom. The van der Waals surface area contributed by atoms with Crippen molar-refractivity contribution in [2.45, 2.75) is 33.1 Å². The lowest BCUT2D eigenvalue weighted by Gasteiger charge is -2.13. The minimum Gasteiger partial charge on any atom is -0.497 e. The molecule has 0 aliphatic rings. The van der Waals surface area contributed by atoms with Gasteiger partial charge in [-0.05, 0) is 48.6 Å². The number of nitrogens with zero attached hydrogens (tertiary/aromatic N) is 2. The molecule has 29 heavy (non-hydrogen) atoms. The van der Waals surface area contributed by atoms with Gasteiger partial charge >= 0.3 is 0 Å². The normalized spacial score (nSPS) is 10.8. The molecule has 0 saturated heterocycles. The van der Waals surface area contributed by atoms with Crippen LogP contribution < -0.4 is 10.1 Å². The molecule has 3 rings (SSSR count). The number of hydrogen-bond donors (Lipinski definition) is 1. The molecule has 0 aliphatic carbocycles. The molecule has 3 aromatic rings. The first-order chi connectivity index (χ1) is 14.0. The van der Waals surface area contributed by atoms with Crippen molar-refractivity contribution in [2.24, 2.45) is 5.92 Å². The maximum Gasteiger partial charge on any atom is 0.225 e. The van der Waals surface area contributed by atoms with E-state index in [4.69, 9.17) is 9.72 Å². The zero-order valence-electron chi connectivity index (χ0n) is 17.2. The number of hydrogen-bond acceptors (Lipinski definition) is 4. The number of ether oxygens (including phenoxy) is 1. The third kappa shape index (κ3) is 5.88. The van der Waals surface area contributed by atoms with Crippen molar-refractivity contribution >= 4 is 11.7 Å². The average Bonchev–Trinajstić information content (AvgIpc) is 2.74. The largest absolute Gasteiger partial charge is 0.497 e. The number of rotatable bonds is 8. The van der Waals surface area contributed by atoms with E-state index in [-0.39, 0.29) is 5.91 Å². The Balaban J connectivity index is 1.75. The fourth-order valence-electron chi connectivity index (χ4n) is 3.06. The number of methoxy groups -OCH3 is 1. The van der Waals surface area contributed by atoms with E-state index in [2.05, 4.69) is 24.1 Å². The van der Waals surface area contributed by atoms with Crippen LogP contribution in [-0.2, 0) is 17.6 Å². The SMILES string of the molecule is COc1ccc(-c2cnc(NC(=O)CCc3ccccc3)c(CC(C)C)n2)cc1. The molecule has 150 valence electrons. The second-order valence-electron chi connectivity index (χ2n) is 7.41. The summed E-state index contributed by atoms with van der Waals surface area (Å²) in [5.74, 6) is 1.70. The molecule has 1 heterocycles. The molecule has 1 aromatic heterocycles. The van der Waals surface area contributed by atoms with Crippen LogP contribution in [-0.4, -0.2) is 23.0 Å². The van der Waals surface area contributed by atoms with Gasteiger partial charge in [0.15, 0.2) is 5.82 Å². The maximum atomic E-state index is 12.5. The Morgan fingerprint density at radius 3 is 2.45 bits per heavy atom. The Labute approximate surface area is 172 Å². The van der Waals surface area contributed by atoms with E-state index >= 15 is 0 Å².